The number of hydrogen-bond acceptors (Lipinski definition) is 3. The van der Waals surface area contributed by atoms with Crippen LogP contribution in [0.5, 0.6) is 0 Å². The van der Waals surface area contributed by atoms with Gasteiger partial charge < -0.3 is 0 Å². The summed E-state index contributed by atoms with van der Waals surface area (Å²) in [7, 11) is 0. The van der Waals surface area contributed by atoms with Gasteiger partial charge in [-0.25, -0.2) is 15.7 Å². The summed E-state index contributed by atoms with van der Waals surface area (Å²) in [6.45, 7) is 1.88. The van der Waals surface area contributed by atoms with Gasteiger partial charge in [0.25, 0.3) is 0 Å². The van der Waals surface area contributed by atoms with E-state index in [4.69, 9.17) is 5.21 Å². The molecule has 9 heavy (non-hydrogen) atoms. The van der Waals surface area contributed by atoms with Crippen molar-refractivity contribution in [3.8, 4) is 0 Å². The predicted molar refractivity (Wildman–Crippen MR) is 32.2 cm³/mol. The van der Waals surface area contributed by atoms with Crippen molar-refractivity contribution in [1.29, 1.82) is 0 Å². The second-order valence-electron chi connectivity index (χ2n) is 1.27. The molecule has 0 spiro atoms. The molecule has 0 bridgehead atoms. The molecular formula is C4H9N3O2. The van der Waals surface area contributed by atoms with Crippen molar-refractivity contribution in [2.75, 3.05) is 0 Å². The van der Waals surface area contributed by atoms with Crippen LogP contribution in [-0.2, 0) is 0 Å². The Bertz CT molecular complexity index is 112. The van der Waals surface area contributed by atoms with Gasteiger partial charge >= 0.3 is 6.03 Å². The molecule has 0 atom stereocenters. The lowest BCUT2D eigenvalue weighted by Gasteiger charge is -1.92. The predicted octanol–water partition coefficient (Wildman–Crippen LogP) is 0.0706. The molecule has 0 aliphatic carbocycles. The highest BCUT2D eigenvalue weighted by Crippen LogP contribution is 1.65. The summed E-state index contributed by atoms with van der Waals surface area (Å²) in [4.78, 5) is 10.1. The van der Waals surface area contributed by atoms with E-state index in [-0.39, 0.29) is 0 Å². The molecule has 0 saturated carbocycles. The van der Waals surface area contributed by atoms with Gasteiger partial charge in [0, 0.05) is 6.21 Å². The van der Waals surface area contributed by atoms with Gasteiger partial charge in [0.2, 0.25) is 0 Å². The summed E-state index contributed by atoms with van der Waals surface area (Å²) in [5.74, 6) is 0. The zero-order chi connectivity index (χ0) is 7.11. The maximum Gasteiger partial charge on any atom is 0.358 e. The van der Waals surface area contributed by atoms with Crippen LogP contribution in [0.4, 0.5) is 4.79 Å². The molecule has 52 valence electrons. The third-order valence-electron chi connectivity index (χ3n) is 0.542. The van der Waals surface area contributed by atoms with Gasteiger partial charge in [-0.1, -0.05) is 6.92 Å². The molecule has 0 radical (unpaired) electrons. The number of hydroxylamine groups is 1. The number of nitrogens with one attached hydrogen (secondary N) is 2. The molecule has 0 aliphatic rings. The topological polar surface area (TPSA) is 73.7 Å². The number of carbonyl (C=O) groups excluding carboxylic acids is 1. The van der Waals surface area contributed by atoms with Crippen LogP contribution in [0.25, 0.3) is 0 Å². The Morgan fingerprint density at radius 3 is 3.00 bits per heavy atom. The van der Waals surface area contributed by atoms with Crippen molar-refractivity contribution in [3.05, 3.63) is 0 Å². The van der Waals surface area contributed by atoms with Gasteiger partial charge in [0.1, 0.15) is 0 Å². The first kappa shape index (κ1) is 7.90. The molecule has 0 fully saturated rings. The molecule has 5 nitrogen and oxygen atoms in total. The highest BCUT2D eigenvalue weighted by atomic mass is 16.5. The summed E-state index contributed by atoms with van der Waals surface area (Å²) in [5.41, 5.74) is 3.36. The smallest absolute Gasteiger partial charge is 0.287 e. The normalized spacial score (nSPS) is 9.56. The van der Waals surface area contributed by atoms with Crippen LogP contribution in [-0.4, -0.2) is 17.5 Å². The third kappa shape index (κ3) is 4.76. The van der Waals surface area contributed by atoms with Crippen molar-refractivity contribution >= 4 is 12.2 Å². The fourth-order valence-corrected chi connectivity index (χ4v) is 0.221. The second kappa shape index (κ2) is 5.04. The zero-order valence-electron chi connectivity index (χ0n) is 5.09. The lowest BCUT2D eigenvalue weighted by atomic mass is 10.6. The number of carbonyl (C=O) groups is 1. The molecule has 0 aliphatic heterocycles. The first-order valence-corrected chi connectivity index (χ1v) is 2.52. The van der Waals surface area contributed by atoms with Crippen LogP contribution in [0.15, 0.2) is 5.10 Å². The highest BCUT2D eigenvalue weighted by molar-refractivity contribution is 5.73. The number of hydrazone groups is 1. The minimum atomic E-state index is -0.736. The molecular weight excluding hydrogens is 122 g/mol. The molecule has 5 heteroatoms. The molecule has 0 aromatic heterocycles. The SMILES string of the molecule is CCC=NNC(=O)NO. The van der Waals surface area contributed by atoms with E-state index in [1.807, 2.05) is 12.3 Å². The van der Waals surface area contributed by atoms with Gasteiger partial charge in [-0.3, -0.25) is 5.21 Å². The van der Waals surface area contributed by atoms with Crippen LogP contribution in [0.3, 0.4) is 0 Å². The number of rotatable bonds is 2. The van der Waals surface area contributed by atoms with Gasteiger partial charge in [-0.05, 0) is 6.42 Å². The zero-order valence-corrected chi connectivity index (χ0v) is 5.09. The van der Waals surface area contributed by atoms with Crippen molar-refractivity contribution in [2.24, 2.45) is 5.10 Å². The fourth-order valence-electron chi connectivity index (χ4n) is 0.221. The van der Waals surface area contributed by atoms with Crippen molar-refractivity contribution in [3.63, 3.8) is 0 Å². The average Bonchev–Trinajstić information content (AvgIpc) is 1.89. The Kier molecular flexibility index (Phi) is 4.43. The van der Waals surface area contributed by atoms with Crippen molar-refractivity contribution < 1.29 is 10.0 Å². The summed E-state index contributed by atoms with van der Waals surface area (Å²) in [5, 5.41) is 11.3. The van der Waals surface area contributed by atoms with Crippen LogP contribution >= 0.6 is 0 Å². The minimum absolute atomic E-state index is 0.736. The van der Waals surface area contributed by atoms with Gasteiger partial charge in [-0.2, -0.15) is 5.10 Å². The van der Waals surface area contributed by atoms with Gasteiger partial charge in [-0.15, -0.1) is 0 Å². The quantitative estimate of drug-likeness (QED) is 0.282. The largest absolute Gasteiger partial charge is 0.358 e. The van der Waals surface area contributed by atoms with E-state index < -0.39 is 6.03 Å². The first-order valence-electron chi connectivity index (χ1n) is 2.52. The fraction of sp³-hybridized carbons (Fsp3) is 0.500. The monoisotopic (exact) mass is 131 g/mol. The average molecular weight is 131 g/mol. The van der Waals surface area contributed by atoms with E-state index in [2.05, 4.69) is 5.10 Å². The number of amides is 2. The standard InChI is InChI=1S/C4H9N3O2/c1-2-3-5-6-4(8)7-9/h3,9H,2H2,1H3,(H2,6,7,8). The van der Waals surface area contributed by atoms with Crippen LogP contribution in [0, 0.1) is 0 Å². The summed E-state index contributed by atoms with van der Waals surface area (Å²) < 4.78 is 0. The summed E-state index contributed by atoms with van der Waals surface area (Å²) >= 11 is 0. The van der Waals surface area contributed by atoms with Crippen molar-refractivity contribution in [1.82, 2.24) is 10.9 Å². The Morgan fingerprint density at radius 1 is 1.89 bits per heavy atom. The maximum absolute atomic E-state index is 10.1. The lowest BCUT2D eigenvalue weighted by Crippen LogP contribution is -2.29. The lowest BCUT2D eigenvalue weighted by molar-refractivity contribution is 0.162. The molecule has 2 amide bonds. The summed E-state index contributed by atoms with van der Waals surface area (Å²) in [6, 6.07) is -0.736. The first-order chi connectivity index (χ1) is 4.31. The van der Waals surface area contributed by atoms with E-state index in [0.29, 0.717) is 0 Å². The van der Waals surface area contributed by atoms with Gasteiger partial charge in [0.05, 0.1) is 0 Å². The Balaban J connectivity index is 3.26. The van der Waals surface area contributed by atoms with Crippen LogP contribution in [0.1, 0.15) is 13.3 Å². The molecule has 0 aromatic rings. The van der Waals surface area contributed by atoms with Crippen molar-refractivity contribution in [2.45, 2.75) is 13.3 Å². The number of urea groups is 1. The molecule has 0 aromatic carbocycles. The molecule has 0 saturated heterocycles. The van der Waals surface area contributed by atoms with E-state index in [1.165, 1.54) is 11.7 Å². The maximum atomic E-state index is 10.1. The Labute approximate surface area is 52.7 Å². The Morgan fingerprint density at radius 2 is 2.56 bits per heavy atom. The Hall–Kier alpha value is -1.10. The van der Waals surface area contributed by atoms with E-state index in [1.54, 1.807) is 0 Å². The van der Waals surface area contributed by atoms with E-state index in [0.717, 1.165) is 6.42 Å². The molecule has 3 N–H and O–H groups in total. The van der Waals surface area contributed by atoms with E-state index >= 15 is 0 Å². The summed E-state index contributed by atoms with van der Waals surface area (Å²) in [6.07, 6.45) is 2.25. The highest BCUT2D eigenvalue weighted by Gasteiger charge is 1.88. The minimum Gasteiger partial charge on any atom is -0.287 e. The van der Waals surface area contributed by atoms with Crippen LogP contribution in [0.2, 0.25) is 0 Å². The number of nitrogens with zero attached hydrogens (tertiary/aromatic N) is 1. The van der Waals surface area contributed by atoms with E-state index in [9.17, 15) is 4.79 Å². The second-order valence-corrected chi connectivity index (χ2v) is 1.27. The number of hydrogen-bond donors (Lipinski definition) is 3. The molecule has 0 unspecified atom stereocenters. The van der Waals surface area contributed by atoms with Gasteiger partial charge in [0.15, 0.2) is 0 Å². The molecule has 0 heterocycles. The third-order valence-corrected chi connectivity index (χ3v) is 0.542. The van der Waals surface area contributed by atoms with Crippen LogP contribution < -0.4 is 10.9 Å². The molecule has 0 rings (SSSR count).